The van der Waals surface area contributed by atoms with Crippen molar-refractivity contribution in [2.45, 2.75) is 38.3 Å². The summed E-state index contributed by atoms with van der Waals surface area (Å²) in [4.78, 5) is 41.2. The summed E-state index contributed by atoms with van der Waals surface area (Å²) < 4.78 is 6.45. The highest BCUT2D eigenvalue weighted by atomic mass is 16.5. The molecule has 0 saturated carbocycles. The van der Waals surface area contributed by atoms with Crippen LogP contribution in [-0.4, -0.2) is 59.0 Å². The molecule has 4 heterocycles. The van der Waals surface area contributed by atoms with E-state index in [1.54, 1.807) is 18.3 Å². The van der Waals surface area contributed by atoms with Gasteiger partial charge in [-0.25, -0.2) is 0 Å². The minimum Gasteiger partial charge on any atom is -0.491 e. The van der Waals surface area contributed by atoms with E-state index in [0.717, 1.165) is 25.8 Å². The van der Waals surface area contributed by atoms with E-state index in [2.05, 4.69) is 4.90 Å². The molecule has 3 aliphatic heterocycles. The lowest BCUT2D eigenvalue weighted by Gasteiger charge is -2.52. The lowest BCUT2D eigenvalue weighted by molar-refractivity contribution is -0.148. The molecule has 3 aliphatic rings. The normalized spacial score (nSPS) is 27.9. The highest BCUT2D eigenvalue weighted by molar-refractivity contribution is 5.78. The van der Waals surface area contributed by atoms with Gasteiger partial charge in [0.1, 0.15) is 6.54 Å². The van der Waals surface area contributed by atoms with E-state index in [1.807, 2.05) is 4.90 Å². The molecule has 0 aromatic carbocycles. The standard InChI is InChI=1S/C19H25N3O4/c1-26-16-5-3-7-20(19(16)25)12-18(24)21-9-13-8-14(11-21)15-4-2-6-17(23)22(15)10-13/h3,5,7,13-15H,2,4,6,8-12H2,1H3/t13-,14-,15-/m0/s1. The molecule has 0 spiro atoms. The molecule has 0 aliphatic carbocycles. The van der Waals surface area contributed by atoms with E-state index in [-0.39, 0.29) is 35.7 Å². The first-order chi connectivity index (χ1) is 12.6. The van der Waals surface area contributed by atoms with Crippen LogP contribution in [0.15, 0.2) is 23.1 Å². The smallest absolute Gasteiger partial charge is 0.293 e. The highest BCUT2D eigenvalue weighted by Gasteiger charge is 2.44. The third kappa shape index (κ3) is 2.99. The largest absolute Gasteiger partial charge is 0.491 e. The molecule has 0 unspecified atom stereocenters. The zero-order valence-corrected chi connectivity index (χ0v) is 15.1. The topological polar surface area (TPSA) is 71.8 Å². The van der Waals surface area contributed by atoms with Gasteiger partial charge in [-0.2, -0.15) is 0 Å². The molecule has 3 atom stereocenters. The number of rotatable bonds is 3. The maximum atomic E-state index is 12.8. The molecule has 140 valence electrons. The number of methoxy groups -OCH3 is 1. The second kappa shape index (κ2) is 6.78. The first-order valence-corrected chi connectivity index (χ1v) is 9.37. The van der Waals surface area contributed by atoms with Crippen LogP contribution in [0.25, 0.3) is 0 Å². The summed E-state index contributed by atoms with van der Waals surface area (Å²) >= 11 is 0. The number of pyridine rings is 1. The van der Waals surface area contributed by atoms with Crippen molar-refractivity contribution in [2.24, 2.45) is 11.8 Å². The monoisotopic (exact) mass is 359 g/mol. The fraction of sp³-hybridized carbons (Fsp3) is 0.632. The molecule has 2 bridgehead atoms. The molecule has 0 radical (unpaired) electrons. The molecule has 3 fully saturated rings. The quantitative estimate of drug-likeness (QED) is 0.797. The van der Waals surface area contributed by atoms with Gasteiger partial charge in [0, 0.05) is 38.3 Å². The summed E-state index contributed by atoms with van der Waals surface area (Å²) in [6, 6.07) is 3.59. The van der Waals surface area contributed by atoms with Crippen molar-refractivity contribution in [1.82, 2.24) is 14.4 Å². The van der Waals surface area contributed by atoms with Gasteiger partial charge >= 0.3 is 0 Å². The highest BCUT2D eigenvalue weighted by Crippen LogP contribution is 2.37. The number of carbonyl (C=O) groups excluding carboxylic acids is 2. The number of ether oxygens (including phenoxy) is 1. The average Bonchev–Trinajstić information content (AvgIpc) is 2.64. The SMILES string of the molecule is COc1cccn(CC(=O)N2C[C@@H]3C[C@@H](C2)[C@@H]2CCCC(=O)N2C3)c1=O. The van der Waals surface area contributed by atoms with Crippen molar-refractivity contribution in [3.05, 3.63) is 28.7 Å². The summed E-state index contributed by atoms with van der Waals surface area (Å²) in [5.41, 5.74) is -0.287. The zero-order chi connectivity index (χ0) is 18.3. The maximum Gasteiger partial charge on any atom is 0.293 e. The zero-order valence-electron chi connectivity index (χ0n) is 15.1. The van der Waals surface area contributed by atoms with Crippen LogP contribution in [0.2, 0.25) is 0 Å². The Labute approximate surface area is 152 Å². The van der Waals surface area contributed by atoms with Gasteiger partial charge in [0.25, 0.3) is 5.56 Å². The molecule has 0 N–H and O–H groups in total. The molecule has 7 heteroatoms. The van der Waals surface area contributed by atoms with Gasteiger partial charge in [-0.15, -0.1) is 0 Å². The number of hydrogen-bond donors (Lipinski definition) is 0. The van der Waals surface area contributed by atoms with Crippen LogP contribution in [0.4, 0.5) is 0 Å². The predicted molar refractivity (Wildman–Crippen MR) is 94.8 cm³/mol. The summed E-state index contributed by atoms with van der Waals surface area (Å²) in [5, 5.41) is 0. The van der Waals surface area contributed by atoms with Crippen molar-refractivity contribution in [3.63, 3.8) is 0 Å². The van der Waals surface area contributed by atoms with Crippen LogP contribution >= 0.6 is 0 Å². The molecule has 26 heavy (non-hydrogen) atoms. The van der Waals surface area contributed by atoms with Crippen molar-refractivity contribution >= 4 is 11.8 Å². The van der Waals surface area contributed by atoms with Crippen molar-refractivity contribution < 1.29 is 14.3 Å². The molecule has 7 nitrogen and oxygen atoms in total. The maximum absolute atomic E-state index is 12.8. The first-order valence-electron chi connectivity index (χ1n) is 9.37. The van der Waals surface area contributed by atoms with Crippen LogP contribution in [0, 0.1) is 11.8 Å². The van der Waals surface area contributed by atoms with Gasteiger partial charge in [0.2, 0.25) is 11.8 Å². The molecule has 2 amide bonds. The number of piperidine rings is 3. The van der Waals surface area contributed by atoms with Crippen molar-refractivity contribution in [3.8, 4) is 5.75 Å². The first kappa shape index (κ1) is 17.1. The van der Waals surface area contributed by atoms with Gasteiger partial charge in [-0.3, -0.25) is 14.4 Å². The Morgan fingerprint density at radius 1 is 1.27 bits per heavy atom. The lowest BCUT2D eigenvalue weighted by atomic mass is 9.76. The third-order valence-corrected chi connectivity index (χ3v) is 6.04. The Balaban J connectivity index is 1.47. The molecule has 1 aromatic heterocycles. The number of fused-ring (bicyclic) bond motifs is 4. The van der Waals surface area contributed by atoms with E-state index >= 15 is 0 Å². The van der Waals surface area contributed by atoms with Crippen LogP contribution in [0.5, 0.6) is 5.75 Å². The van der Waals surface area contributed by atoms with E-state index in [1.165, 1.54) is 11.7 Å². The molecular weight excluding hydrogens is 334 g/mol. The Morgan fingerprint density at radius 2 is 2.12 bits per heavy atom. The molecular formula is C19H25N3O4. The predicted octanol–water partition coefficient (Wildman–Crippen LogP) is 0.716. The number of nitrogens with zero attached hydrogens (tertiary/aromatic N) is 3. The Kier molecular flexibility index (Phi) is 4.46. The summed E-state index contributed by atoms with van der Waals surface area (Å²) in [6.45, 7) is 2.15. The summed E-state index contributed by atoms with van der Waals surface area (Å²) in [6.07, 6.45) is 5.37. The summed E-state index contributed by atoms with van der Waals surface area (Å²) in [7, 11) is 1.45. The van der Waals surface area contributed by atoms with Crippen LogP contribution in [-0.2, 0) is 16.1 Å². The van der Waals surface area contributed by atoms with Gasteiger partial charge < -0.3 is 19.1 Å². The molecule has 1 aromatic rings. The summed E-state index contributed by atoms with van der Waals surface area (Å²) in [5.74, 6) is 1.19. The number of hydrogen-bond acceptors (Lipinski definition) is 4. The fourth-order valence-corrected chi connectivity index (χ4v) is 4.85. The van der Waals surface area contributed by atoms with Crippen LogP contribution in [0.3, 0.4) is 0 Å². The van der Waals surface area contributed by atoms with Crippen molar-refractivity contribution in [2.75, 3.05) is 26.7 Å². The minimum atomic E-state index is -0.287. The number of aromatic nitrogens is 1. The Morgan fingerprint density at radius 3 is 2.92 bits per heavy atom. The second-order valence-electron chi connectivity index (χ2n) is 7.68. The van der Waals surface area contributed by atoms with E-state index in [9.17, 15) is 14.4 Å². The Bertz CT molecular complexity index is 774. The Hall–Kier alpha value is -2.31. The van der Waals surface area contributed by atoms with Crippen LogP contribution < -0.4 is 10.3 Å². The van der Waals surface area contributed by atoms with Gasteiger partial charge in [0.05, 0.1) is 7.11 Å². The fourth-order valence-electron chi connectivity index (χ4n) is 4.85. The number of amides is 2. The van der Waals surface area contributed by atoms with Gasteiger partial charge in [-0.1, -0.05) is 0 Å². The van der Waals surface area contributed by atoms with Crippen LogP contribution in [0.1, 0.15) is 25.7 Å². The van der Waals surface area contributed by atoms with E-state index in [4.69, 9.17) is 4.74 Å². The van der Waals surface area contributed by atoms with E-state index < -0.39 is 0 Å². The average molecular weight is 359 g/mol. The third-order valence-electron chi connectivity index (χ3n) is 6.04. The minimum absolute atomic E-state index is 0.0305. The van der Waals surface area contributed by atoms with Gasteiger partial charge in [-0.05, 0) is 43.2 Å². The second-order valence-corrected chi connectivity index (χ2v) is 7.68. The van der Waals surface area contributed by atoms with Crippen molar-refractivity contribution in [1.29, 1.82) is 0 Å². The number of likely N-dealkylation sites (tertiary alicyclic amines) is 1. The van der Waals surface area contributed by atoms with Gasteiger partial charge in [0.15, 0.2) is 5.75 Å². The number of carbonyl (C=O) groups is 2. The van der Waals surface area contributed by atoms with E-state index in [0.29, 0.717) is 31.3 Å². The lowest BCUT2D eigenvalue weighted by Crippen LogP contribution is -2.61. The molecule has 4 rings (SSSR count). The molecule has 3 saturated heterocycles.